The van der Waals surface area contributed by atoms with Gasteiger partial charge in [-0.25, -0.2) is 0 Å². The monoisotopic (exact) mass is 1190 g/mol. The molecule has 0 aliphatic rings. The van der Waals surface area contributed by atoms with E-state index in [-0.39, 0.29) is 18.5 Å². The summed E-state index contributed by atoms with van der Waals surface area (Å²) in [5.74, 6) is -0.0521. The van der Waals surface area contributed by atoms with Crippen LogP contribution in [0.1, 0.15) is 431 Å². The zero-order chi connectivity index (χ0) is 61.3. The topological polar surface area (TPSA) is 95.9 Å². The highest BCUT2D eigenvalue weighted by Gasteiger charge is 2.18. The van der Waals surface area contributed by atoms with Crippen molar-refractivity contribution in [1.29, 1.82) is 0 Å². The molecular weight excluding hydrogens is 1040 g/mol. The SMILES string of the molecule is CCCC/C=C\C/C=C\CCCCCCCC(=O)OCCCCCCCCCCCCCCCCCCCCCCCCCCCCCCCCCCC(=O)NC(CO)C(O)/C=C/CCCCCCCCCCCCCCCCCCCCCC. The molecule has 6 heteroatoms. The van der Waals surface area contributed by atoms with Crippen LogP contribution in [-0.2, 0) is 14.3 Å². The van der Waals surface area contributed by atoms with Crippen LogP contribution in [0.4, 0.5) is 0 Å². The Morgan fingerprint density at radius 1 is 0.329 bits per heavy atom. The van der Waals surface area contributed by atoms with Gasteiger partial charge in [-0.3, -0.25) is 9.59 Å². The number of amides is 1. The van der Waals surface area contributed by atoms with Crippen molar-refractivity contribution in [3.63, 3.8) is 0 Å². The first-order valence-electron chi connectivity index (χ1n) is 38.8. The number of esters is 1. The van der Waals surface area contributed by atoms with Gasteiger partial charge in [0, 0.05) is 12.8 Å². The van der Waals surface area contributed by atoms with Crippen LogP contribution in [0, 0.1) is 0 Å². The number of aliphatic hydroxyl groups is 2. The lowest BCUT2D eigenvalue weighted by molar-refractivity contribution is -0.143. The van der Waals surface area contributed by atoms with Crippen LogP contribution in [0.25, 0.3) is 0 Å². The van der Waals surface area contributed by atoms with Crippen LogP contribution in [-0.4, -0.2) is 47.4 Å². The largest absolute Gasteiger partial charge is 0.466 e. The molecule has 0 aliphatic carbocycles. The highest BCUT2D eigenvalue weighted by molar-refractivity contribution is 5.76. The van der Waals surface area contributed by atoms with Gasteiger partial charge in [-0.1, -0.05) is 397 Å². The van der Waals surface area contributed by atoms with Gasteiger partial charge in [0.2, 0.25) is 5.91 Å². The lowest BCUT2D eigenvalue weighted by Crippen LogP contribution is -2.45. The molecule has 0 aromatic carbocycles. The number of nitrogens with one attached hydrogen (secondary N) is 1. The molecule has 0 bridgehead atoms. The molecular formula is C79H151NO5. The molecule has 0 spiro atoms. The van der Waals surface area contributed by atoms with Crippen LogP contribution in [0.5, 0.6) is 0 Å². The van der Waals surface area contributed by atoms with E-state index in [1.54, 1.807) is 6.08 Å². The molecule has 0 saturated heterocycles. The molecule has 0 heterocycles. The summed E-state index contributed by atoms with van der Waals surface area (Å²) >= 11 is 0. The van der Waals surface area contributed by atoms with Gasteiger partial charge in [-0.15, -0.1) is 0 Å². The van der Waals surface area contributed by atoms with E-state index in [0.717, 1.165) is 51.4 Å². The first-order valence-corrected chi connectivity index (χ1v) is 38.8. The molecule has 0 rings (SSSR count). The molecule has 2 unspecified atom stereocenters. The summed E-state index contributed by atoms with van der Waals surface area (Å²) in [6, 6.07) is -0.626. The number of unbranched alkanes of at least 4 members (excludes halogenated alkanes) is 58. The van der Waals surface area contributed by atoms with Gasteiger partial charge in [-0.05, 0) is 57.8 Å². The fourth-order valence-electron chi connectivity index (χ4n) is 12.2. The maximum absolute atomic E-state index is 12.5. The Morgan fingerprint density at radius 3 is 0.929 bits per heavy atom. The molecule has 2 atom stereocenters. The Kier molecular flexibility index (Phi) is 72.9. The third kappa shape index (κ3) is 71.0. The maximum atomic E-state index is 12.5. The summed E-state index contributed by atoms with van der Waals surface area (Å²) < 4.78 is 5.49. The fraction of sp³-hybridized carbons (Fsp3) is 0.899. The number of hydrogen-bond donors (Lipinski definition) is 3. The Bertz CT molecular complexity index is 1380. The van der Waals surface area contributed by atoms with E-state index >= 15 is 0 Å². The first kappa shape index (κ1) is 83.1. The summed E-state index contributed by atoms with van der Waals surface area (Å²) in [5.41, 5.74) is 0. The predicted molar refractivity (Wildman–Crippen MR) is 375 cm³/mol. The van der Waals surface area contributed by atoms with Gasteiger partial charge in [0.25, 0.3) is 0 Å². The van der Waals surface area contributed by atoms with Gasteiger partial charge in [0.15, 0.2) is 0 Å². The number of carbonyl (C=O) groups is 2. The van der Waals surface area contributed by atoms with E-state index < -0.39 is 12.1 Å². The van der Waals surface area contributed by atoms with Crippen molar-refractivity contribution >= 4 is 11.9 Å². The zero-order valence-corrected chi connectivity index (χ0v) is 57.6. The Labute approximate surface area is 532 Å². The highest BCUT2D eigenvalue weighted by Crippen LogP contribution is 2.20. The van der Waals surface area contributed by atoms with Crippen LogP contribution in [0.15, 0.2) is 36.5 Å². The van der Waals surface area contributed by atoms with E-state index in [1.807, 2.05) is 6.08 Å². The van der Waals surface area contributed by atoms with Gasteiger partial charge in [0.05, 0.1) is 25.4 Å². The molecule has 0 aliphatic heterocycles. The summed E-state index contributed by atoms with van der Waals surface area (Å²) in [5, 5.41) is 23.3. The highest BCUT2D eigenvalue weighted by atomic mass is 16.5. The minimum Gasteiger partial charge on any atom is -0.466 e. The van der Waals surface area contributed by atoms with E-state index in [4.69, 9.17) is 4.74 Å². The third-order valence-electron chi connectivity index (χ3n) is 18.2. The van der Waals surface area contributed by atoms with E-state index in [2.05, 4.69) is 43.5 Å². The summed E-state index contributed by atoms with van der Waals surface area (Å²) in [6.45, 7) is 4.90. The van der Waals surface area contributed by atoms with Crippen molar-refractivity contribution in [3.05, 3.63) is 36.5 Å². The minimum atomic E-state index is -0.843. The van der Waals surface area contributed by atoms with E-state index in [9.17, 15) is 19.8 Å². The molecule has 0 fully saturated rings. The second-order valence-corrected chi connectivity index (χ2v) is 26.7. The second-order valence-electron chi connectivity index (χ2n) is 26.7. The molecule has 0 saturated carbocycles. The lowest BCUT2D eigenvalue weighted by Gasteiger charge is -2.20. The summed E-state index contributed by atoms with van der Waals surface area (Å²) in [7, 11) is 0. The molecule has 1 amide bonds. The number of hydrogen-bond acceptors (Lipinski definition) is 5. The van der Waals surface area contributed by atoms with Gasteiger partial charge in [-0.2, -0.15) is 0 Å². The Morgan fingerprint density at radius 2 is 0.600 bits per heavy atom. The van der Waals surface area contributed by atoms with Crippen LogP contribution in [0.3, 0.4) is 0 Å². The average molecular weight is 1200 g/mol. The normalized spacial score (nSPS) is 12.7. The third-order valence-corrected chi connectivity index (χ3v) is 18.2. The van der Waals surface area contributed by atoms with Crippen molar-refractivity contribution in [3.8, 4) is 0 Å². The van der Waals surface area contributed by atoms with Crippen LogP contribution >= 0.6 is 0 Å². The molecule has 502 valence electrons. The second kappa shape index (κ2) is 74.5. The first-order chi connectivity index (χ1) is 42.0. The standard InChI is InChI=1S/C79H151NO5/c1-3-5-7-9-11-13-15-17-19-20-21-22-35-38-41-44-47-51-55-59-63-67-71-77(82)76(75-81)80-78(83)72-68-64-60-56-52-48-45-42-39-36-33-31-29-27-25-23-24-26-28-30-32-34-37-40-43-46-50-54-58-62-66-70-74-85-79(84)73-69-65-61-57-53-49-18-16-14-12-10-8-6-4-2/h10,12,16,18,67,71,76-77,81-82H,3-9,11,13-15,17,19-66,68-70,72-75H2,1-2H3,(H,80,83)/b12-10-,18-16-,71-67+. The Hall–Kier alpha value is -1.92. The molecule has 0 aromatic rings. The predicted octanol–water partition coefficient (Wildman–Crippen LogP) is 25.4. The van der Waals surface area contributed by atoms with Gasteiger partial charge < -0.3 is 20.3 Å². The van der Waals surface area contributed by atoms with Gasteiger partial charge >= 0.3 is 5.97 Å². The number of ether oxygens (including phenoxy) is 1. The van der Waals surface area contributed by atoms with Crippen molar-refractivity contribution in [1.82, 2.24) is 5.32 Å². The van der Waals surface area contributed by atoms with Crippen molar-refractivity contribution in [2.45, 2.75) is 443 Å². The molecule has 6 nitrogen and oxygen atoms in total. The van der Waals surface area contributed by atoms with Crippen molar-refractivity contribution in [2.24, 2.45) is 0 Å². The summed E-state index contributed by atoms with van der Waals surface area (Å²) in [6.07, 6.45) is 96.9. The fourth-order valence-corrected chi connectivity index (χ4v) is 12.2. The number of allylic oxidation sites excluding steroid dienone is 5. The van der Waals surface area contributed by atoms with Crippen molar-refractivity contribution in [2.75, 3.05) is 13.2 Å². The average Bonchev–Trinajstić information content (AvgIpc) is 3.50. The number of aliphatic hydroxyl groups excluding tert-OH is 2. The van der Waals surface area contributed by atoms with Crippen LogP contribution < -0.4 is 5.32 Å². The quantitative estimate of drug-likeness (QED) is 0.0320. The van der Waals surface area contributed by atoms with Gasteiger partial charge in [0.1, 0.15) is 0 Å². The summed E-state index contributed by atoms with van der Waals surface area (Å²) in [4.78, 5) is 24.6. The number of rotatable bonds is 73. The minimum absolute atomic E-state index is 0.00682. The van der Waals surface area contributed by atoms with E-state index in [1.165, 1.54) is 353 Å². The van der Waals surface area contributed by atoms with E-state index in [0.29, 0.717) is 19.4 Å². The number of carbonyl (C=O) groups excluding carboxylic acids is 2. The smallest absolute Gasteiger partial charge is 0.305 e. The molecule has 85 heavy (non-hydrogen) atoms. The Balaban J connectivity index is 3.35. The molecule has 0 radical (unpaired) electrons. The molecule has 3 N–H and O–H groups in total. The maximum Gasteiger partial charge on any atom is 0.305 e. The molecule has 0 aromatic heterocycles. The lowest BCUT2D eigenvalue weighted by atomic mass is 10.0. The van der Waals surface area contributed by atoms with Crippen LogP contribution in [0.2, 0.25) is 0 Å². The van der Waals surface area contributed by atoms with Crippen molar-refractivity contribution < 1.29 is 24.5 Å². The zero-order valence-electron chi connectivity index (χ0n) is 57.6.